The van der Waals surface area contributed by atoms with Crippen molar-refractivity contribution in [2.24, 2.45) is 28.3 Å². The Morgan fingerprint density at radius 1 is 1.00 bits per heavy atom. The van der Waals surface area contributed by atoms with Crippen LogP contribution in [-0.2, 0) is 19.2 Å². The molecule has 1 heterocycles. The lowest BCUT2D eigenvalue weighted by Crippen LogP contribution is -2.59. The molecule has 0 aromatic rings. The molecule has 1 aliphatic heterocycles. The number of aliphatic carboxylic acids is 1. The van der Waals surface area contributed by atoms with Crippen molar-refractivity contribution in [3.05, 3.63) is 0 Å². The van der Waals surface area contributed by atoms with Gasteiger partial charge in [-0.05, 0) is 44.1 Å². The predicted molar refractivity (Wildman–Crippen MR) is 124 cm³/mol. The van der Waals surface area contributed by atoms with Gasteiger partial charge in [0, 0.05) is 6.54 Å². The van der Waals surface area contributed by atoms with E-state index in [2.05, 4.69) is 26.3 Å². The van der Waals surface area contributed by atoms with E-state index in [0.717, 1.165) is 13.0 Å². The highest BCUT2D eigenvalue weighted by Gasteiger charge is 2.33. The summed E-state index contributed by atoms with van der Waals surface area (Å²) in [4.78, 5) is 53.7. The molecule has 1 fully saturated rings. The number of rotatable bonds is 13. The number of nitrogens with two attached hydrogens (primary N) is 2. The first-order valence-electron chi connectivity index (χ1n) is 11.4. The summed E-state index contributed by atoms with van der Waals surface area (Å²) in [6.45, 7) is 8.07. The maximum atomic E-state index is 13.0. The summed E-state index contributed by atoms with van der Waals surface area (Å²) in [6.07, 6.45) is 2.07. The van der Waals surface area contributed by atoms with Crippen molar-refractivity contribution in [3.8, 4) is 0 Å². The molecule has 12 nitrogen and oxygen atoms in total. The average molecular weight is 470 g/mol. The Bertz CT molecular complexity index is 716. The summed E-state index contributed by atoms with van der Waals surface area (Å²) in [5.41, 5.74) is 10.5. The van der Waals surface area contributed by atoms with Crippen LogP contribution in [-0.4, -0.2) is 72.0 Å². The molecule has 1 rings (SSSR count). The van der Waals surface area contributed by atoms with Gasteiger partial charge in [-0.2, -0.15) is 0 Å². The Balaban J connectivity index is 2.80. The number of nitrogens with zero attached hydrogens (tertiary/aromatic N) is 1. The van der Waals surface area contributed by atoms with Gasteiger partial charge in [-0.3, -0.25) is 19.4 Å². The van der Waals surface area contributed by atoms with Crippen molar-refractivity contribution >= 4 is 29.7 Å². The van der Waals surface area contributed by atoms with Crippen LogP contribution >= 0.6 is 0 Å². The molecule has 33 heavy (non-hydrogen) atoms. The molecule has 0 aromatic carbocycles. The molecule has 9 N–H and O–H groups in total. The van der Waals surface area contributed by atoms with Gasteiger partial charge in [0.15, 0.2) is 5.96 Å². The Kier molecular flexibility index (Phi) is 11.6. The third-order valence-corrected chi connectivity index (χ3v) is 5.43. The number of carbonyl (C=O) groups is 4. The van der Waals surface area contributed by atoms with E-state index in [1.165, 1.54) is 0 Å². The van der Waals surface area contributed by atoms with Gasteiger partial charge >= 0.3 is 5.97 Å². The molecule has 0 unspecified atom stereocenters. The van der Waals surface area contributed by atoms with Crippen LogP contribution in [0.15, 0.2) is 4.99 Å². The van der Waals surface area contributed by atoms with E-state index in [1.807, 2.05) is 0 Å². The molecule has 0 radical (unpaired) electrons. The number of hydrogen-bond donors (Lipinski definition) is 7. The minimum absolute atomic E-state index is 0.0935. The van der Waals surface area contributed by atoms with E-state index in [1.54, 1.807) is 27.7 Å². The van der Waals surface area contributed by atoms with Crippen molar-refractivity contribution < 1.29 is 24.3 Å². The zero-order valence-electron chi connectivity index (χ0n) is 19.9. The van der Waals surface area contributed by atoms with E-state index in [4.69, 9.17) is 11.5 Å². The number of aliphatic imine (C=N–C) groups is 1. The molecule has 1 aliphatic rings. The fraction of sp³-hybridized carbons (Fsp3) is 0.762. The second-order valence-electron chi connectivity index (χ2n) is 8.96. The van der Waals surface area contributed by atoms with Crippen molar-refractivity contribution in [2.75, 3.05) is 13.1 Å². The van der Waals surface area contributed by atoms with Gasteiger partial charge in [0.1, 0.15) is 18.1 Å². The van der Waals surface area contributed by atoms with Gasteiger partial charge in [0.25, 0.3) is 0 Å². The van der Waals surface area contributed by atoms with Gasteiger partial charge in [0.2, 0.25) is 17.7 Å². The molecule has 12 heteroatoms. The Labute approximate surface area is 194 Å². The highest BCUT2D eigenvalue weighted by atomic mass is 16.4. The minimum Gasteiger partial charge on any atom is -0.480 e. The van der Waals surface area contributed by atoms with Crippen LogP contribution in [0.2, 0.25) is 0 Å². The van der Waals surface area contributed by atoms with E-state index in [0.29, 0.717) is 12.8 Å². The summed E-state index contributed by atoms with van der Waals surface area (Å²) in [5.74, 6) is -3.18. The normalized spacial score (nSPS) is 18.3. The van der Waals surface area contributed by atoms with Gasteiger partial charge < -0.3 is 37.8 Å². The Morgan fingerprint density at radius 3 is 2.06 bits per heavy atom. The fourth-order valence-electron chi connectivity index (χ4n) is 3.50. The first kappa shape index (κ1) is 28.1. The Morgan fingerprint density at radius 2 is 1.58 bits per heavy atom. The number of guanidine groups is 1. The van der Waals surface area contributed by atoms with Crippen molar-refractivity contribution in [1.29, 1.82) is 0 Å². The van der Waals surface area contributed by atoms with E-state index >= 15 is 0 Å². The van der Waals surface area contributed by atoms with Crippen molar-refractivity contribution in [2.45, 2.75) is 77.5 Å². The molecule has 188 valence electrons. The highest BCUT2D eigenvalue weighted by Crippen LogP contribution is 2.10. The number of carbonyl (C=O) groups excluding carboxylic acids is 3. The van der Waals surface area contributed by atoms with Crippen LogP contribution < -0.4 is 32.7 Å². The predicted octanol–water partition coefficient (Wildman–Crippen LogP) is -1.36. The van der Waals surface area contributed by atoms with Crippen LogP contribution in [0.5, 0.6) is 0 Å². The van der Waals surface area contributed by atoms with E-state index < -0.39 is 35.9 Å². The van der Waals surface area contributed by atoms with Gasteiger partial charge in [-0.25, -0.2) is 4.79 Å². The molecule has 0 saturated carbocycles. The molecule has 4 atom stereocenters. The molecule has 0 spiro atoms. The minimum atomic E-state index is -1.20. The summed E-state index contributed by atoms with van der Waals surface area (Å²) in [7, 11) is 0. The summed E-state index contributed by atoms with van der Waals surface area (Å²) >= 11 is 0. The molecule has 0 aliphatic carbocycles. The zero-order chi connectivity index (χ0) is 25.1. The molecule has 1 saturated heterocycles. The third-order valence-electron chi connectivity index (χ3n) is 5.43. The Hall–Kier alpha value is -2.89. The SMILES string of the molecule is CC(C)[C@H](NC(=O)[C@@H]1CCCN1)C(=O)N[C@H](C(=O)N[C@@H](CCCN=C(N)N)C(=O)O)C(C)C. The molecular weight excluding hydrogens is 430 g/mol. The van der Waals surface area contributed by atoms with Crippen molar-refractivity contribution in [1.82, 2.24) is 21.3 Å². The maximum absolute atomic E-state index is 13.0. The largest absolute Gasteiger partial charge is 0.480 e. The van der Waals surface area contributed by atoms with E-state index in [-0.39, 0.29) is 42.7 Å². The quantitative estimate of drug-likeness (QED) is 0.0973. The fourth-order valence-corrected chi connectivity index (χ4v) is 3.50. The van der Waals surface area contributed by atoms with Crippen LogP contribution in [0.25, 0.3) is 0 Å². The topological polar surface area (TPSA) is 201 Å². The number of nitrogens with one attached hydrogen (secondary N) is 4. The smallest absolute Gasteiger partial charge is 0.326 e. The maximum Gasteiger partial charge on any atom is 0.326 e. The average Bonchev–Trinajstić information content (AvgIpc) is 3.26. The molecular formula is C21H39N7O5. The summed E-state index contributed by atoms with van der Waals surface area (Å²) in [6, 6.07) is -3.29. The monoisotopic (exact) mass is 469 g/mol. The second kappa shape index (κ2) is 13.6. The second-order valence-corrected chi connectivity index (χ2v) is 8.96. The number of carboxylic acid groups (broad SMARTS) is 1. The van der Waals surface area contributed by atoms with Crippen LogP contribution in [0.1, 0.15) is 53.4 Å². The molecule has 0 bridgehead atoms. The highest BCUT2D eigenvalue weighted by molar-refractivity contribution is 5.94. The van der Waals surface area contributed by atoms with Gasteiger partial charge in [-0.15, -0.1) is 0 Å². The summed E-state index contributed by atoms with van der Waals surface area (Å²) in [5, 5.41) is 20.5. The summed E-state index contributed by atoms with van der Waals surface area (Å²) < 4.78 is 0. The number of amides is 3. The number of carboxylic acids is 1. The lowest BCUT2D eigenvalue weighted by atomic mass is 9.98. The van der Waals surface area contributed by atoms with Gasteiger partial charge in [-0.1, -0.05) is 27.7 Å². The van der Waals surface area contributed by atoms with Crippen LogP contribution in [0.3, 0.4) is 0 Å². The molecule has 3 amide bonds. The van der Waals surface area contributed by atoms with Crippen molar-refractivity contribution in [3.63, 3.8) is 0 Å². The van der Waals surface area contributed by atoms with Crippen LogP contribution in [0, 0.1) is 11.8 Å². The lowest BCUT2D eigenvalue weighted by Gasteiger charge is -2.28. The third kappa shape index (κ3) is 9.64. The standard InChI is InChI=1S/C21H39N7O5/c1-11(2)15(18(30)26-14(20(32)33)8-6-10-25-21(22)23)28-19(31)16(12(3)4)27-17(29)13-7-5-9-24-13/h11-16,24H,5-10H2,1-4H3,(H,26,30)(H,27,29)(H,28,31)(H,32,33)(H4,22,23,25)/t13-,14-,15-,16-/m0/s1. The first-order valence-corrected chi connectivity index (χ1v) is 11.4. The number of hydrogen-bond acceptors (Lipinski definition) is 6. The van der Waals surface area contributed by atoms with Gasteiger partial charge in [0.05, 0.1) is 6.04 Å². The van der Waals surface area contributed by atoms with E-state index in [9.17, 15) is 24.3 Å². The first-order chi connectivity index (χ1) is 15.4. The lowest BCUT2D eigenvalue weighted by molar-refractivity contribution is -0.143. The van der Waals surface area contributed by atoms with Crippen LogP contribution in [0.4, 0.5) is 0 Å². The molecule has 0 aromatic heterocycles. The zero-order valence-corrected chi connectivity index (χ0v) is 19.9.